The Hall–Kier alpha value is -1.90. The average Bonchev–Trinajstić information content (AvgIpc) is 2.33. The summed E-state index contributed by atoms with van der Waals surface area (Å²) in [6.07, 6.45) is 2.48. The molecule has 0 unspecified atom stereocenters. The van der Waals surface area contributed by atoms with Crippen LogP contribution in [0, 0.1) is 5.41 Å². The van der Waals surface area contributed by atoms with Crippen LogP contribution in [0.3, 0.4) is 0 Å². The van der Waals surface area contributed by atoms with E-state index in [1.54, 1.807) is 13.2 Å². The first-order valence-electron chi connectivity index (χ1n) is 6.34. The number of benzene rings is 1. The van der Waals surface area contributed by atoms with E-state index in [2.05, 4.69) is 0 Å². The van der Waals surface area contributed by atoms with Crippen molar-refractivity contribution in [3.05, 3.63) is 35.4 Å². The Bertz CT molecular complexity index is 531. The van der Waals surface area contributed by atoms with Gasteiger partial charge in [0.25, 0.3) is 0 Å². The van der Waals surface area contributed by atoms with Crippen molar-refractivity contribution in [2.45, 2.75) is 26.7 Å². The predicted octanol–water partition coefficient (Wildman–Crippen LogP) is 3.04. The van der Waals surface area contributed by atoms with Crippen LogP contribution in [0.5, 0.6) is 5.75 Å². The van der Waals surface area contributed by atoms with Crippen LogP contribution in [0.25, 0.3) is 6.08 Å². The lowest BCUT2D eigenvalue weighted by atomic mass is 9.74. The third-order valence-electron chi connectivity index (χ3n) is 3.32. The van der Waals surface area contributed by atoms with Crippen molar-refractivity contribution < 1.29 is 14.3 Å². The highest BCUT2D eigenvalue weighted by atomic mass is 16.5. The van der Waals surface area contributed by atoms with Crippen molar-refractivity contribution in [2.24, 2.45) is 5.41 Å². The van der Waals surface area contributed by atoms with Crippen LogP contribution in [0.1, 0.15) is 32.3 Å². The standard InChI is InChI=1S/C16H18O3/c1-16(2)9-13(17)12(14(18)10-16)8-11-6-4-5-7-15(11)19-3/h4-8H,9-10H2,1-3H3. The molecule has 3 nitrogen and oxygen atoms in total. The molecule has 100 valence electrons. The number of hydrogen-bond donors (Lipinski definition) is 0. The second-order valence-electron chi connectivity index (χ2n) is 5.66. The Morgan fingerprint density at radius 3 is 2.26 bits per heavy atom. The van der Waals surface area contributed by atoms with Crippen molar-refractivity contribution in [2.75, 3.05) is 7.11 Å². The Morgan fingerprint density at radius 1 is 1.11 bits per heavy atom. The first-order chi connectivity index (χ1) is 8.93. The summed E-state index contributed by atoms with van der Waals surface area (Å²) >= 11 is 0. The van der Waals surface area contributed by atoms with Crippen molar-refractivity contribution in [1.29, 1.82) is 0 Å². The van der Waals surface area contributed by atoms with Gasteiger partial charge < -0.3 is 4.74 Å². The minimum Gasteiger partial charge on any atom is -0.496 e. The lowest BCUT2D eigenvalue weighted by Crippen LogP contribution is -2.31. The minimum absolute atomic E-state index is 0.0767. The number of carbonyl (C=O) groups is 2. The predicted molar refractivity (Wildman–Crippen MR) is 74.0 cm³/mol. The molecule has 19 heavy (non-hydrogen) atoms. The quantitative estimate of drug-likeness (QED) is 0.605. The number of para-hydroxylation sites is 1. The lowest BCUT2D eigenvalue weighted by Gasteiger charge is -2.28. The molecule has 0 N–H and O–H groups in total. The summed E-state index contributed by atoms with van der Waals surface area (Å²) in [5, 5.41) is 0. The summed E-state index contributed by atoms with van der Waals surface area (Å²) < 4.78 is 5.23. The second kappa shape index (κ2) is 5.00. The van der Waals surface area contributed by atoms with Gasteiger partial charge >= 0.3 is 0 Å². The number of carbonyl (C=O) groups excluding carboxylic acids is 2. The van der Waals surface area contributed by atoms with E-state index in [1.165, 1.54) is 0 Å². The smallest absolute Gasteiger partial charge is 0.167 e. The number of Topliss-reactive ketones (excluding diaryl/α,β-unsaturated/α-hetero) is 2. The van der Waals surface area contributed by atoms with Crippen LogP contribution in [0.15, 0.2) is 29.8 Å². The van der Waals surface area contributed by atoms with E-state index < -0.39 is 0 Å². The van der Waals surface area contributed by atoms with Gasteiger partial charge in [0.2, 0.25) is 0 Å². The molecular weight excluding hydrogens is 240 g/mol. The highest BCUT2D eigenvalue weighted by Gasteiger charge is 2.35. The molecule has 0 spiro atoms. The number of ether oxygens (including phenoxy) is 1. The van der Waals surface area contributed by atoms with E-state index in [0.29, 0.717) is 24.2 Å². The van der Waals surface area contributed by atoms with Crippen LogP contribution in [0.2, 0.25) is 0 Å². The summed E-state index contributed by atoms with van der Waals surface area (Å²) in [5.41, 5.74) is 0.831. The topological polar surface area (TPSA) is 43.4 Å². The zero-order chi connectivity index (χ0) is 14.0. The molecule has 0 atom stereocenters. The van der Waals surface area contributed by atoms with E-state index >= 15 is 0 Å². The third-order valence-corrected chi connectivity index (χ3v) is 3.32. The van der Waals surface area contributed by atoms with E-state index in [0.717, 1.165) is 5.56 Å². The molecule has 0 aromatic heterocycles. The van der Waals surface area contributed by atoms with Gasteiger partial charge in [-0.25, -0.2) is 0 Å². The highest BCUT2D eigenvalue weighted by Crippen LogP contribution is 2.34. The minimum atomic E-state index is -0.230. The molecule has 1 aliphatic rings. The Morgan fingerprint density at radius 2 is 1.68 bits per heavy atom. The molecule has 0 aliphatic heterocycles. The first-order valence-corrected chi connectivity index (χ1v) is 6.34. The van der Waals surface area contributed by atoms with E-state index in [-0.39, 0.29) is 17.0 Å². The summed E-state index contributed by atoms with van der Waals surface area (Å²) in [6, 6.07) is 7.37. The molecule has 0 heterocycles. The van der Waals surface area contributed by atoms with E-state index in [1.807, 2.05) is 38.1 Å². The Labute approximate surface area is 113 Å². The summed E-state index contributed by atoms with van der Waals surface area (Å²) in [4.78, 5) is 24.2. The van der Waals surface area contributed by atoms with Gasteiger partial charge in [0.1, 0.15) is 5.75 Å². The fourth-order valence-electron chi connectivity index (χ4n) is 2.38. The fraction of sp³-hybridized carbons (Fsp3) is 0.375. The zero-order valence-corrected chi connectivity index (χ0v) is 11.5. The summed E-state index contributed by atoms with van der Waals surface area (Å²) in [7, 11) is 1.57. The van der Waals surface area contributed by atoms with Gasteiger partial charge in [-0.1, -0.05) is 32.0 Å². The maximum atomic E-state index is 12.1. The fourth-order valence-corrected chi connectivity index (χ4v) is 2.38. The zero-order valence-electron chi connectivity index (χ0n) is 11.5. The molecule has 1 saturated carbocycles. The molecule has 0 radical (unpaired) electrons. The number of allylic oxidation sites excluding steroid dienone is 1. The third kappa shape index (κ3) is 2.92. The van der Waals surface area contributed by atoms with Crippen LogP contribution in [0.4, 0.5) is 0 Å². The Balaban J connectivity index is 2.38. The molecule has 1 aromatic rings. The number of rotatable bonds is 2. The van der Waals surface area contributed by atoms with Crippen molar-refractivity contribution in [3.63, 3.8) is 0 Å². The van der Waals surface area contributed by atoms with Gasteiger partial charge in [-0.3, -0.25) is 9.59 Å². The van der Waals surface area contributed by atoms with Gasteiger partial charge in [0, 0.05) is 18.4 Å². The summed E-state index contributed by atoms with van der Waals surface area (Å²) in [6.45, 7) is 3.89. The molecule has 0 amide bonds. The maximum absolute atomic E-state index is 12.1. The lowest BCUT2D eigenvalue weighted by molar-refractivity contribution is -0.127. The number of hydrogen-bond acceptors (Lipinski definition) is 3. The van der Waals surface area contributed by atoms with Crippen LogP contribution in [-0.2, 0) is 9.59 Å². The van der Waals surface area contributed by atoms with Crippen LogP contribution >= 0.6 is 0 Å². The SMILES string of the molecule is COc1ccccc1C=C1C(=O)CC(C)(C)CC1=O. The van der Waals surface area contributed by atoms with E-state index in [9.17, 15) is 9.59 Å². The molecule has 0 bridgehead atoms. The van der Waals surface area contributed by atoms with Gasteiger partial charge in [0.15, 0.2) is 11.6 Å². The first kappa shape index (κ1) is 13.5. The molecule has 1 aromatic carbocycles. The van der Waals surface area contributed by atoms with E-state index in [4.69, 9.17) is 4.74 Å². The second-order valence-corrected chi connectivity index (χ2v) is 5.66. The molecular formula is C16H18O3. The van der Waals surface area contributed by atoms with Gasteiger partial charge in [-0.2, -0.15) is 0 Å². The molecule has 0 saturated heterocycles. The molecule has 1 aliphatic carbocycles. The van der Waals surface area contributed by atoms with Crippen LogP contribution in [-0.4, -0.2) is 18.7 Å². The summed E-state index contributed by atoms with van der Waals surface area (Å²) in [5.74, 6) is 0.514. The van der Waals surface area contributed by atoms with Crippen molar-refractivity contribution in [3.8, 4) is 5.75 Å². The monoisotopic (exact) mass is 258 g/mol. The largest absolute Gasteiger partial charge is 0.496 e. The van der Waals surface area contributed by atoms with Crippen LogP contribution < -0.4 is 4.74 Å². The average molecular weight is 258 g/mol. The molecule has 2 rings (SSSR count). The number of ketones is 2. The normalized spacial score (nSPS) is 18.4. The van der Waals surface area contributed by atoms with Crippen molar-refractivity contribution in [1.82, 2.24) is 0 Å². The van der Waals surface area contributed by atoms with Crippen molar-refractivity contribution >= 4 is 17.6 Å². The maximum Gasteiger partial charge on any atom is 0.167 e. The number of methoxy groups -OCH3 is 1. The van der Waals surface area contributed by atoms with Gasteiger partial charge in [-0.05, 0) is 17.6 Å². The molecule has 1 fully saturated rings. The Kier molecular flexibility index (Phi) is 3.56. The highest BCUT2D eigenvalue weighted by molar-refractivity contribution is 6.25. The van der Waals surface area contributed by atoms with Gasteiger partial charge in [-0.15, -0.1) is 0 Å². The van der Waals surface area contributed by atoms with Gasteiger partial charge in [0.05, 0.1) is 12.7 Å². The molecule has 3 heteroatoms.